The monoisotopic (exact) mass is 361 g/mol. The molecular formula is C17H20ClN5O2. The van der Waals surface area contributed by atoms with Crippen LogP contribution in [0.2, 0.25) is 5.15 Å². The summed E-state index contributed by atoms with van der Waals surface area (Å²) in [7, 11) is 1.64. The van der Waals surface area contributed by atoms with Gasteiger partial charge in [-0.3, -0.25) is 9.78 Å². The van der Waals surface area contributed by atoms with E-state index in [1.165, 1.54) is 0 Å². The van der Waals surface area contributed by atoms with E-state index in [9.17, 15) is 4.79 Å². The fourth-order valence-corrected chi connectivity index (χ4v) is 3.44. The highest BCUT2D eigenvalue weighted by molar-refractivity contribution is 6.33. The molecule has 0 aliphatic carbocycles. The molecule has 1 aliphatic heterocycles. The number of carbonyl (C=O) groups is 1. The van der Waals surface area contributed by atoms with E-state index < -0.39 is 0 Å². The molecule has 7 nitrogen and oxygen atoms in total. The smallest absolute Gasteiger partial charge is 0.223 e. The number of aryl methyl sites for hydroxylation is 1. The number of halogens is 1. The molecule has 1 atom stereocenters. The average Bonchev–Trinajstić information content (AvgIpc) is 2.54. The van der Waals surface area contributed by atoms with Crippen molar-refractivity contribution in [3.05, 3.63) is 33.7 Å². The topological polar surface area (TPSA) is 94.2 Å². The van der Waals surface area contributed by atoms with Gasteiger partial charge in [0, 0.05) is 29.8 Å². The van der Waals surface area contributed by atoms with Crippen LogP contribution in [0.4, 0.5) is 11.8 Å². The fourth-order valence-electron chi connectivity index (χ4n) is 3.18. The molecule has 0 bridgehead atoms. The molecule has 0 spiro atoms. The minimum Gasteiger partial charge on any atom is -0.496 e. The summed E-state index contributed by atoms with van der Waals surface area (Å²) < 4.78 is 5.47. The first-order chi connectivity index (χ1) is 11.8. The number of hydrogen-bond acceptors (Lipinski definition) is 7. The van der Waals surface area contributed by atoms with Crippen LogP contribution in [-0.4, -0.2) is 34.4 Å². The number of methoxy groups -OCH3 is 1. The Morgan fingerprint density at radius 1 is 1.40 bits per heavy atom. The Kier molecular flexibility index (Phi) is 4.51. The molecule has 0 fully saturated rings. The Morgan fingerprint density at radius 2 is 2.12 bits per heavy atom. The third kappa shape index (κ3) is 3.00. The molecule has 1 aliphatic rings. The maximum Gasteiger partial charge on any atom is 0.223 e. The van der Waals surface area contributed by atoms with Crippen LogP contribution in [-0.2, 0) is 6.54 Å². The summed E-state index contributed by atoms with van der Waals surface area (Å²) in [5.41, 5.74) is 8.84. The van der Waals surface area contributed by atoms with Crippen molar-refractivity contribution < 1.29 is 9.53 Å². The fraction of sp³-hybridized carbons (Fsp3) is 0.412. The van der Waals surface area contributed by atoms with Crippen LogP contribution in [0.15, 0.2) is 6.20 Å². The van der Waals surface area contributed by atoms with Crippen molar-refractivity contribution in [3.8, 4) is 5.75 Å². The molecule has 132 valence electrons. The quantitative estimate of drug-likeness (QED) is 0.839. The number of pyridine rings is 1. The van der Waals surface area contributed by atoms with Gasteiger partial charge >= 0.3 is 0 Å². The molecule has 25 heavy (non-hydrogen) atoms. The highest BCUT2D eigenvalue weighted by Gasteiger charge is 2.34. The van der Waals surface area contributed by atoms with Crippen LogP contribution < -0.4 is 15.4 Å². The number of hydrogen-bond donors (Lipinski definition) is 1. The second-order valence-electron chi connectivity index (χ2n) is 6.26. The van der Waals surface area contributed by atoms with E-state index in [1.807, 2.05) is 25.7 Å². The first-order valence-electron chi connectivity index (χ1n) is 7.94. The second-order valence-corrected chi connectivity index (χ2v) is 6.62. The minimum atomic E-state index is -0.218. The summed E-state index contributed by atoms with van der Waals surface area (Å²) in [6, 6.07) is 0. The van der Waals surface area contributed by atoms with Gasteiger partial charge in [-0.15, -0.1) is 0 Å². The highest BCUT2D eigenvalue weighted by atomic mass is 35.5. The van der Waals surface area contributed by atoms with Gasteiger partial charge in [0.25, 0.3) is 0 Å². The Hall–Kier alpha value is -2.41. The summed E-state index contributed by atoms with van der Waals surface area (Å²) >= 11 is 6.16. The van der Waals surface area contributed by atoms with Gasteiger partial charge in [-0.1, -0.05) is 18.5 Å². The van der Waals surface area contributed by atoms with Crippen LogP contribution in [0.1, 0.15) is 34.1 Å². The van der Waals surface area contributed by atoms with E-state index in [-0.39, 0.29) is 22.8 Å². The van der Waals surface area contributed by atoms with Crippen molar-refractivity contribution >= 4 is 29.2 Å². The molecular weight excluding hydrogens is 342 g/mol. The van der Waals surface area contributed by atoms with Crippen molar-refractivity contribution in [3.63, 3.8) is 0 Å². The lowest BCUT2D eigenvalue weighted by Gasteiger charge is -2.33. The largest absolute Gasteiger partial charge is 0.496 e. The van der Waals surface area contributed by atoms with Gasteiger partial charge in [-0.25, -0.2) is 4.98 Å². The van der Waals surface area contributed by atoms with Crippen LogP contribution in [0.5, 0.6) is 5.75 Å². The van der Waals surface area contributed by atoms with Gasteiger partial charge in [0.15, 0.2) is 5.78 Å². The lowest BCUT2D eigenvalue weighted by molar-refractivity contribution is 0.0924. The van der Waals surface area contributed by atoms with Crippen molar-refractivity contribution in [2.24, 2.45) is 5.92 Å². The molecule has 8 heteroatoms. The number of carbonyl (C=O) groups excluding carboxylic acids is 1. The minimum absolute atomic E-state index is 0.0438. The maximum absolute atomic E-state index is 12.5. The van der Waals surface area contributed by atoms with E-state index >= 15 is 0 Å². The third-order valence-corrected chi connectivity index (χ3v) is 4.71. The second kappa shape index (κ2) is 6.48. The maximum atomic E-state index is 12.5. The zero-order valence-corrected chi connectivity index (χ0v) is 15.4. The van der Waals surface area contributed by atoms with E-state index in [4.69, 9.17) is 22.1 Å². The van der Waals surface area contributed by atoms with Crippen LogP contribution in [0.25, 0.3) is 0 Å². The molecule has 0 saturated carbocycles. The number of ether oxygens (including phenoxy) is 1. The number of nitrogen functional groups attached to an aromatic ring is 1. The number of rotatable bonds is 3. The van der Waals surface area contributed by atoms with E-state index in [0.717, 1.165) is 22.6 Å². The molecule has 2 aromatic heterocycles. The van der Waals surface area contributed by atoms with Crippen molar-refractivity contribution in [1.82, 2.24) is 15.0 Å². The Labute approximate surface area is 151 Å². The molecule has 0 aromatic carbocycles. The lowest BCUT2D eigenvalue weighted by Crippen LogP contribution is -2.39. The van der Waals surface area contributed by atoms with Crippen LogP contribution in [0.3, 0.4) is 0 Å². The normalized spacial score (nSPS) is 16.8. The summed E-state index contributed by atoms with van der Waals surface area (Å²) in [6.07, 6.45) is 1.78. The van der Waals surface area contributed by atoms with Gasteiger partial charge < -0.3 is 15.4 Å². The zero-order chi connectivity index (χ0) is 18.3. The highest BCUT2D eigenvalue weighted by Crippen LogP contribution is 2.34. The first kappa shape index (κ1) is 17.4. The standard InChI is InChI=1S/C17H20ClN5O2/c1-8-5-20-11(10(3)14(8)25-4)7-23-6-9(2)13(24)12-15(18)21-17(19)22-16(12)23/h5,9H,6-7H2,1-4H3,(H2,19,21,22). The zero-order valence-electron chi connectivity index (χ0n) is 14.6. The molecule has 0 saturated heterocycles. The summed E-state index contributed by atoms with van der Waals surface area (Å²) in [6.45, 7) is 6.76. The average molecular weight is 362 g/mol. The number of anilines is 2. The molecule has 0 amide bonds. The number of fused-ring (bicyclic) bond motifs is 1. The predicted molar refractivity (Wildman–Crippen MR) is 96.3 cm³/mol. The summed E-state index contributed by atoms with van der Waals surface area (Å²) in [4.78, 5) is 27.2. The Bertz CT molecular complexity index is 855. The molecule has 2 aromatic rings. The SMILES string of the molecule is COc1c(C)cnc(CN2CC(C)C(=O)c3c(Cl)nc(N)nc32)c1C. The van der Waals surface area contributed by atoms with Gasteiger partial charge in [-0.2, -0.15) is 4.98 Å². The van der Waals surface area contributed by atoms with Crippen LogP contribution in [0, 0.1) is 19.8 Å². The summed E-state index contributed by atoms with van der Waals surface area (Å²) in [5.74, 6) is 1.03. The lowest BCUT2D eigenvalue weighted by atomic mass is 9.95. The van der Waals surface area contributed by atoms with Crippen molar-refractivity contribution in [1.29, 1.82) is 0 Å². The van der Waals surface area contributed by atoms with Gasteiger partial charge in [0.2, 0.25) is 5.95 Å². The summed E-state index contributed by atoms with van der Waals surface area (Å²) in [5, 5.41) is 0.0928. The number of nitrogens with zero attached hydrogens (tertiary/aromatic N) is 4. The van der Waals surface area contributed by atoms with Crippen LogP contribution >= 0.6 is 11.6 Å². The molecule has 3 rings (SSSR count). The number of Topliss-reactive ketones (excluding diaryl/α,β-unsaturated/α-hetero) is 1. The number of aromatic nitrogens is 3. The number of nitrogens with two attached hydrogens (primary N) is 1. The number of ketones is 1. The Balaban J connectivity index is 2.06. The van der Waals surface area contributed by atoms with E-state index in [2.05, 4.69) is 15.0 Å². The predicted octanol–water partition coefficient (Wildman–Crippen LogP) is 2.57. The van der Waals surface area contributed by atoms with Gasteiger partial charge in [-0.05, 0) is 13.8 Å². The molecule has 2 N–H and O–H groups in total. The van der Waals surface area contributed by atoms with E-state index in [0.29, 0.717) is 24.5 Å². The van der Waals surface area contributed by atoms with Gasteiger partial charge in [0.05, 0.1) is 24.9 Å². The first-order valence-corrected chi connectivity index (χ1v) is 8.32. The van der Waals surface area contributed by atoms with Crippen molar-refractivity contribution in [2.75, 3.05) is 24.3 Å². The third-order valence-electron chi connectivity index (χ3n) is 4.44. The molecule has 1 unspecified atom stereocenters. The van der Waals surface area contributed by atoms with Crippen molar-refractivity contribution in [2.45, 2.75) is 27.3 Å². The van der Waals surface area contributed by atoms with E-state index in [1.54, 1.807) is 13.3 Å². The Morgan fingerprint density at radius 3 is 2.80 bits per heavy atom. The molecule has 0 radical (unpaired) electrons. The van der Waals surface area contributed by atoms with Gasteiger partial charge in [0.1, 0.15) is 16.7 Å². The molecule has 3 heterocycles.